The zero-order valence-corrected chi connectivity index (χ0v) is 13.2. The number of hydrogen-bond donors (Lipinski definition) is 2. The van der Waals surface area contributed by atoms with Gasteiger partial charge in [0.05, 0.1) is 17.1 Å². The van der Waals surface area contributed by atoms with Crippen LogP contribution in [0, 0.1) is 13.8 Å². The van der Waals surface area contributed by atoms with Gasteiger partial charge in [-0.3, -0.25) is 0 Å². The number of nitrogens with one attached hydrogen (secondary N) is 1. The molecule has 0 atom stereocenters. The molecule has 4 nitrogen and oxygen atoms in total. The molecule has 1 heterocycles. The molecule has 0 fully saturated rings. The van der Waals surface area contributed by atoms with Crippen molar-refractivity contribution in [3.05, 3.63) is 33.9 Å². The van der Waals surface area contributed by atoms with Crippen LogP contribution in [0.2, 0.25) is 0 Å². The molecule has 0 spiro atoms. The topological polar surface area (TPSA) is 55.9 Å². The summed E-state index contributed by atoms with van der Waals surface area (Å²) < 4.78 is 2.93. The fourth-order valence-corrected chi connectivity index (χ4v) is 2.50. The van der Waals surface area contributed by atoms with E-state index in [1.807, 2.05) is 17.7 Å². The highest BCUT2D eigenvalue weighted by Gasteiger charge is 2.15. The van der Waals surface area contributed by atoms with E-state index in [0.717, 1.165) is 21.7 Å². The molecule has 0 bridgehead atoms. The number of rotatable bonds is 3. The molecule has 102 valence electrons. The molecule has 0 aliphatic rings. The average molecular weight is 323 g/mol. The molecule has 0 saturated carbocycles. The summed E-state index contributed by atoms with van der Waals surface area (Å²) in [5.41, 5.74) is 9.84. The summed E-state index contributed by atoms with van der Waals surface area (Å²) in [6.07, 6.45) is 0. The summed E-state index contributed by atoms with van der Waals surface area (Å²) in [4.78, 5) is 0. The van der Waals surface area contributed by atoms with Gasteiger partial charge in [-0.05, 0) is 61.3 Å². The Balaban J connectivity index is 2.43. The summed E-state index contributed by atoms with van der Waals surface area (Å²) in [6.45, 7) is 8.15. The number of aryl methyl sites for hydroxylation is 2. The third-order valence-electron chi connectivity index (χ3n) is 3.00. The van der Waals surface area contributed by atoms with E-state index in [2.05, 4.69) is 59.2 Å². The molecule has 2 aromatic rings. The third kappa shape index (κ3) is 2.76. The fraction of sp³-hybridized carbons (Fsp3) is 0.357. The SMILES string of the molecule is Cc1ccc(Nc2c(N)c(C)nn2C(C)C)c(Br)c1. The van der Waals surface area contributed by atoms with Crippen LogP contribution in [-0.4, -0.2) is 9.78 Å². The smallest absolute Gasteiger partial charge is 0.152 e. The lowest BCUT2D eigenvalue weighted by molar-refractivity contribution is 0.536. The van der Waals surface area contributed by atoms with Crippen molar-refractivity contribution in [1.29, 1.82) is 0 Å². The summed E-state index contributed by atoms with van der Waals surface area (Å²) in [6, 6.07) is 6.42. The Morgan fingerprint density at radius 3 is 2.58 bits per heavy atom. The Bertz CT molecular complexity index is 602. The van der Waals surface area contributed by atoms with Gasteiger partial charge in [-0.2, -0.15) is 5.10 Å². The highest BCUT2D eigenvalue weighted by atomic mass is 79.9. The number of nitrogens with zero attached hydrogens (tertiary/aromatic N) is 2. The molecule has 0 saturated heterocycles. The molecule has 1 aromatic carbocycles. The number of halogens is 1. The second-order valence-electron chi connectivity index (χ2n) is 4.99. The van der Waals surface area contributed by atoms with Gasteiger partial charge in [0.1, 0.15) is 0 Å². The van der Waals surface area contributed by atoms with Crippen LogP contribution in [0.5, 0.6) is 0 Å². The van der Waals surface area contributed by atoms with Crippen molar-refractivity contribution in [2.45, 2.75) is 33.7 Å². The van der Waals surface area contributed by atoms with Crippen LogP contribution in [0.25, 0.3) is 0 Å². The van der Waals surface area contributed by atoms with Crippen molar-refractivity contribution in [2.75, 3.05) is 11.1 Å². The Hall–Kier alpha value is -1.49. The van der Waals surface area contributed by atoms with Crippen molar-refractivity contribution in [3.63, 3.8) is 0 Å². The maximum Gasteiger partial charge on any atom is 0.152 e. The van der Waals surface area contributed by atoms with Crippen LogP contribution >= 0.6 is 15.9 Å². The molecule has 0 radical (unpaired) electrons. The van der Waals surface area contributed by atoms with Gasteiger partial charge in [0.2, 0.25) is 0 Å². The minimum atomic E-state index is 0.253. The maximum absolute atomic E-state index is 6.11. The highest BCUT2D eigenvalue weighted by Crippen LogP contribution is 2.32. The largest absolute Gasteiger partial charge is 0.394 e. The van der Waals surface area contributed by atoms with E-state index in [-0.39, 0.29) is 6.04 Å². The van der Waals surface area contributed by atoms with Crippen molar-refractivity contribution in [1.82, 2.24) is 9.78 Å². The lowest BCUT2D eigenvalue weighted by Gasteiger charge is -2.14. The van der Waals surface area contributed by atoms with E-state index in [4.69, 9.17) is 5.73 Å². The fourth-order valence-electron chi connectivity index (χ4n) is 1.91. The summed E-state index contributed by atoms with van der Waals surface area (Å²) in [7, 11) is 0. The summed E-state index contributed by atoms with van der Waals surface area (Å²) in [5, 5.41) is 7.83. The van der Waals surface area contributed by atoms with Crippen LogP contribution in [0.1, 0.15) is 31.1 Å². The van der Waals surface area contributed by atoms with Crippen molar-refractivity contribution in [3.8, 4) is 0 Å². The summed E-state index contributed by atoms with van der Waals surface area (Å²) in [5.74, 6) is 0.844. The predicted octanol–water partition coefficient (Wildman–Crippen LogP) is 4.17. The second-order valence-corrected chi connectivity index (χ2v) is 5.85. The van der Waals surface area contributed by atoms with E-state index >= 15 is 0 Å². The van der Waals surface area contributed by atoms with Gasteiger partial charge in [-0.1, -0.05) is 6.07 Å². The van der Waals surface area contributed by atoms with E-state index in [0.29, 0.717) is 5.69 Å². The first-order valence-electron chi connectivity index (χ1n) is 6.28. The zero-order valence-electron chi connectivity index (χ0n) is 11.7. The van der Waals surface area contributed by atoms with E-state index in [9.17, 15) is 0 Å². The van der Waals surface area contributed by atoms with Crippen LogP contribution in [0.15, 0.2) is 22.7 Å². The molecule has 2 rings (SSSR count). The number of hydrogen-bond acceptors (Lipinski definition) is 3. The van der Waals surface area contributed by atoms with Crippen LogP contribution in [0.4, 0.5) is 17.2 Å². The number of nitrogen functional groups attached to an aromatic ring is 1. The van der Waals surface area contributed by atoms with Gasteiger partial charge < -0.3 is 11.1 Å². The molecule has 0 amide bonds. The van der Waals surface area contributed by atoms with Gasteiger partial charge in [0.25, 0.3) is 0 Å². The Morgan fingerprint density at radius 1 is 1.32 bits per heavy atom. The highest BCUT2D eigenvalue weighted by molar-refractivity contribution is 9.10. The molecule has 3 N–H and O–H groups in total. The lowest BCUT2D eigenvalue weighted by atomic mass is 10.2. The van der Waals surface area contributed by atoms with Gasteiger partial charge in [-0.25, -0.2) is 4.68 Å². The molecule has 0 aliphatic heterocycles. The number of nitrogens with two attached hydrogens (primary N) is 1. The molecule has 19 heavy (non-hydrogen) atoms. The van der Waals surface area contributed by atoms with E-state index < -0.39 is 0 Å². The van der Waals surface area contributed by atoms with Crippen LogP contribution < -0.4 is 11.1 Å². The lowest BCUT2D eigenvalue weighted by Crippen LogP contribution is -2.08. The first-order chi connectivity index (χ1) is 8.90. The monoisotopic (exact) mass is 322 g/mol. The standard InChI is InChI=1S/C14H19BrN4/c1-8(2)19-14(13(16)10(4)18-19)17-12-6-5-9(3)7-11(12)15/h5-8,17H,16H2,1-4H3. The number of anilines is 3. The zero-order chi connectivity index (χ0) is 14.2. The molecule has 1 aromatic heterocycles. The quantitative estimate of drug-likeness (QED) is 0.891. The molecular formula is C14H19BrN4. The normalized spacial score (nSPS) is 11.1. The minimum Gasteiger partial charge on any atom is -0.394 e. The Morgan fingerprint density at radius 2 is 2.00 bits per heavy atom. The number of benzene rings is 1. The van der Waals surface area contributed by atoms with E-state index in [1.54, 1.807) is 0 Å². The second kappa shape index (κ2) is 5.25. The molecular weight excluding hydrogens is 304 g/mol. The van der Waals surface area contributed by atoms with Crippen molar-refractivity contribution >= 4 is 33.1 Å². The molecule has 0 aliphatic carbocycles. The Labute approximate surface area is 122 Å². The number of aromatic nitrogens is 2. The molecule has 0 unspecified atom stereocenters. The van der Waals surface area contributed by atoms with Gasteiger partial charge >= 0.3 is 0 Å². The van der Waals surface area contributed by atoms with Gasteiger partial charge in [-0.15, -0.1) is 0 Å². The van der Waals surface area contributed by atoms with Gasteiger partial charge in [0.15, 0.2) is 5.82 Å². The van der Waals surface area contributed by atoms with E-state index in [1.165, 1.54) is 5.56 Å². The molecule has 5 heteroatoms. The van der Waals surface area contributed by atoms with Crippen LogP contribution in [-0.2, 0) is 0 Å². The average Bonchev–Trinajstić information content (AvgIpc) is 2.61. The first kappa shape index (κ1) is 13.9. The minimum absolute atomic E-state index is 0.253. The van der Waals surface area contributed by atoms with Crippen LogP contribution in [0.3, 0.4) is 0 Å². The summed E-state index contributed by atoms with van der Waals surface area (Å²) >= 11 is 3.56. The van der Waals surface area contributed by atoms with Gasteiger partial charge in [0, 0.05) is 10.5 Å². The third-order valence-corrected chi connectivity index (χ3v) is 3.65. The first-order valence-corrected chi connectivity index (χ1v) is 7.07. The maximum atomic E-state index is 6.11. The van der Waals surface area contributed by atoms with Crippen molar-refractivity contribution < 1.29 is 0 Å². The predicted molar refractivity (Wildman–Crippen MR) is 83.9 cm³/mol. The Kier molecular flexibility index (Phi) is 3.85. The van der Waals surface area contributed by atoms with Crippen molar-refractivity contribution in [2.24, 2.45) is 0 Å².